The van der Waals surface area contributed by atoms with Crippen molar-refractivity contribution in [1.82, 2.24) is 14.9 Å². The first-order valence-electron chi connectivity index (χ1n) is 9.91. The lowest BCUT2D eigenvalue weighted by atomic mass is 9.87. The number of carbonyl (C=O) groups is 1. The summed E-state index contributed by atoms with van der Waals surface area (Å²) in [4.78, 5) is 26.0. The molecule has 4 heterocycles. The lowest BCUT2D eigenvalue weighted by Crippen LogP contribution is -2.34. The zero-order valence-corrected chi connectivity index (χ0v) is 16.2. The van der Waals surface area contributed by atoms with E-state index in [1.807, 2.05) is 24.5 Å². The molecule has 5 nitrogen and oxygen atoms in total. The van der Waals surface area contributed by atoms with Gasteiger partial charge < -0.3 is 9.80 Å². The topological polar surface area (TPSA) is 49.3 Å². The summed E-state index contributed by atoms with van der Waals surface area (Å²) in [5.74, 6) is 2.06. The van der Waals surface area contributed by atoms with Crippen LogP contribution in [-0.2, 0) is 4.79 Å². The van der Waals surface area contributed by atoms with Crippen LogP contribution in [0.3, 0.4) is 0 Å². The van der Waals surface area contributed by atoms with Crippen LogP contribution in [0.1, 0.15) is 24.1 Å². The molecule has 0 spiro atoms. The number of nitrogens with zero attached hydrogens (tertiary/aromatic N) is 4. The third-order valence-corrected chi connectivity index (χ3v) is 6.38. The first kappa shape index (κ1) is 17.2. The van der Waals surface area contributed by atoms with E-state index in [0.717, 1.165) is 36.4 Å². The number of likely N-dealkylation sites (tertiary alicyclic amines) is 1. The number of benzene rings is 1. The van der Waals surface area contributed by atoms with Gasteiger partial charge in [-0.15, -0.1) is 0 Å². The first-order valence-corrected chi connectivity index (χ1v) is 9.91. The van der Waals surface area contributed by atoms with Gasteiger partial charge in [0, 0.05) is 56.2 Å². The Kier molecular flexibility index (Phi) is 4.04. The smallest absolute Gasteiger partial charge is 0.219 e. The number of hydrogen-bond acceptors (Lipinski definition) is 4. The molecule has 1 aromatic carbocycles. The second-order valence-electron chi connectivity index (χ2n) is 8.01. The lowest BCUT2D eigenvalue weighted by Gasteiger charge is -2.30. The summed E-state index contributed by atoms with van der Waals surface area (Å²) in [6, 6.07) is 14.6. The molecular formula is C23H24N4O. The highest BCUT2D eigenvalue weighted by atomic mass is 16.2. The van der Waals surface area contributed by atoms with Crippen LogP contribution in [0.4, 0.5) is 5.82 Å². The molecule has 3 atom stereocenters. The Labute approximate surface area is 165 Å². The Balaban J connectivity index is 1.52. The van der Waals surface area contributed by atoms with Crippen LogP contribution in [-0.4, -0.2) is 40.4 Å². The SMILES string of the molecule is CC(=O)N1C[C@H]2CN(c3nccc4ncccc34)C[C@H]2[C@@H]1c1ccccc1C. The van der Waals surface area contributed by atoms with Crippen LogP contribution >= 0.6 is 0 Å². The van der Waals surface area contributed by atoms with Gasteiger partial charge in [-0.3, -0.25) is 9.78 Å². The maximum absolute atomic E-state index is 12.4. The van der Waals surface area contributed by atoms with Gasteiger partial charge in [0.15, 0.2) is 0 Å². The fourth-order valence-electron chi connectivity index (χ4n) is 5.10. The highest BCUT2D eigenvalue weighted by Gasteiger charge is 2.49. The predicted molar refractivity (Wildman–Crippen MR) is 110 cm³/mol. The van der Waals surface area contributed by atoms with E-state index in [9.17, 15) is 4.79 Å². The van der Waals surface area contributed by atoms with Crippen molar-refractivity contribution < 1.29 is 4.79 Å². The third kappa shape index (κ3) is 2.65. The fraction of sp³-hybridized carbons (Fsp3) is 0.348. The molecule has 0 aliphatic carbocycles. The Bertz CT molecular complexity index is 1040. The number of amides is 1. The molecule has 0 radical (unpaired) electrons. The normalized spacial score (nSPS) is 24.0. The number of hydrogen-bond donors (Lipinski definition) is 0. The monoisotopic (exact) mass is 372 g/mol. The highest BCUT2D eigenvalue weighted by molar-refractivity contribution is 5.89. The molecule has 3 aromatic rings. The average molecular weight is 372 g/mol. The zero-order valence-electron chi connectivity index (χ0n) is 16.2. The van der Waals surface area contributed by atoms with Crippen molar-refractivity contribution in [1.29, 1.82) is 0 Å². The van der Waals surface area contributed by atoms with Gasteiger partial charge >= 0.3 is 0 Å². The average Bonchev–Trinajstić information content (AvgIpc) is 3.26. The summed E-state index contributed by atoms with van der Waals surface area (Å²) in [5, 5.41) is 1.10. The molecule has 5 rings (SSSR count). The second kappa shape index (κ2) is 6.59. The predicted octanol–water partition coefficient (Wildman–Crippen LogP) is 3.59. The molecular weight excluding hydrogens is 348 g/mol. The third-order valence-electron chi connectivity index (χ3n) is 6.38. The van der Waals surface area contributed by atoms with E-state index < -0.39 is 0 Å². The highest BCUT2D eigenvalue weighted by Crippen LogP contribution is 2.47. The standard InChI is InChI=1S/C23H24N4O/c1-15-6-3-4-7-18(15)22-20-14-26(12-17(20)13-27(22)16(2)28)23-19-8-5-10-24-21(19)9-11-25-23/h3-11,17,20,22H,12-14H2,1-2H3/t17-,20-,22+/m1/s1. The van der Waals surface area contributed by atoms with Gasteiger partial charge in [0.25, 0.3) is 0 Å². The molecule has 2 fully saturated rings. The van der Waals surface area contributed by atoms with Crippen molar-refractivity contribution in [3.05, 3.63) is 66.0 Å². The molecule has 0 N–H and O–H groups in total. The number of rotatable bonds is 2. The van der Waals surface area contributed by atoms with Crippen LogP contribution < -0.4 is 4.90 Å². The van der Waals surface area contributed by atoms with Crippen molar-refractivity contribution in [2.75, 3.05) is 24.5 Å². The first-order chi connectivity index (χ1) is 13.6. The molecule has 2 aliphatic rings. The molecule has 1 amide bonds. The van der Waals surface area contributed by atoms with Gasteiger partial charge in [-0.05, 0) is 36.2 Å². The molecule has 5 heteroatoms. The molecule has 28 heavy (non-hydrogen) atoms. The number of carbonyl (C=O) groups excluding carboxylic acids is 1. The van der Waals surface area contributed by atoms with E-state index >= 15 is 0 Å². The van der Waals surface area contributed by atoms with Gasteiger partial charge in [-0.1, -0.05) is 24.3 Å². The van der Waals surface area contributed by atoms with Gasteiger partial charge in [0.1, 0.15) is 5.82 Å². The molecule has 0 unspecified atom stereocenters. The molecule has 2 saturated heterocycles. The zero-order chi connectivity index (χ0) is 19.3. The van der Waals surface area contributed by atoms with Crippen LogP contribution in [0.5, 0.6) is 0 Å². The van der Waals surface area contributed by atoms with E-state index in [0.29, 0.717) is 11.8 Å². The minimum atomic E-state index is 0.141. The molecule has 2 aromatic heterocycles. The largest absolute Gasteiger partial charge is 0.355 e. The maximum Gasteiger partial charge on any atom is 0.219 e. The van der Waals surface area contributed by atoms with Crippen LogP contribution in [0.25, 0.3) is 10.9 Å². The van der Waals surface area contributed by atoms with E-state index in [1.165, 1.54) is 11.1 Å². The lowest BCUT2D eigenvalue weighted by molar-refractivity contribution is -0.130. The summed E-state index contributed by atoms with van der Waals surface area (Å²) in [6.07, 6.45) is 3.67. The summed E-state index contributed by atoms with van der Waals surface area (Å²) in [5.41, 5.74) is 3.51. The maximum atomic E-state index is 12.4. The minimum absolute atomic E-state index is 0.141. The van der Waals surface area contributed by atoms with Crippen molar-refractivity contribution in [3.63, 3.8) is 0 Å². The Morgan fingerprint density at radius 2 is 1.86 bits per heavy atom. The van der Waals surface area contributed by atoms with Gasteiger partial charge in [-0.25, -0.2) is 4.98 Å². The van der Waals surface area contributed by atoms with Crippen molar-refractivity contribution in [2.45, 2.75) is 19.9 Å². The molecule has 142 valence electrons. The Morgan fingerprint density at radius 3 is 2.68 bits per heavy atom. The fourth-order valence-corrected chi connectivity index (χ4v) is 5.10. The molecule has 0 saturated carbocycles. The van der Waals surface area contributed by atoms with E-state index in [1.54, 1.807) is 6.92 Å². The number of pyridine rings is 2. The summed E-state index contributed by atoms with van der Waals surface area (Å²) in [7, 11) is 0. The quantitative estimate of drug-likeness (QED) is 0.690. The molecule has 2 aliphatic heterocycles. The number of fused-ring (bicyclic) bond motifs is 2. The van der Waals surface area contributed by atoms with Crippen LogP contribution in [0.2, 0.25) is 0 Å². The number of aromatic nitrogens is 2. The Morgan fingerprint density at radius 1 is 1.00 bits per heavy atom. The Hall–Kier alpha value is -2.95. The summed E-state index contributed by atoms with van der Waals surface area (Å²) < 4.78 is 0. The summed E-state index contributed by atoms with van der Waals surface area (Å²) in [6.45, 7) is 6.50. The molecule has 0 bridgehead atoms. The van der Waals surface area contributed by atoms with Gasteiger partial charge in [0.05, 0.1) is 11.6 Å². The second-order valence-corrected chi connectivity index (χ2v) is 8.01. The van der Waals surface area contributed by atoms with Gasteiger partial charge in [-0.2, -0.15) is 0 Å². The van der Waals surface area contributed by atoms with Crippen molar-refractivity contribution in [2.24, 2.45) is 11.8 Å². The number of aryl methyl sites for hydroxylation is 1. The van der Waals surface area contributed by atoms with E-state index in [-0.39, 0.29) is 11.9 Å². The minimum Gasteiger partial charge on any atom is -0.355 e. The van der Waals surface area contributed by atoms with Crippen LogP contribution in [0.15, 0.2) is 54.9 Å². The summed E-state index contributed by atoms with van der Waals surface area (Å²) >= 11 is 0. The van der Waals surface area contributed by atoms with Crippen molar-refractivity contribution in [3.8, 4) is 0 Å². The van der Waals surface area contributed by atoms with E-state index in [2.05, 4.69) is 52.0 Å². The van der Waals surface area contributed by atoms with Crippen LogP contribution in [0, 0.1) is 18.8 Å². The van der Waals surface area contributed by atoms with Gasteiger partial charge in [0.2, 0.25) is 5.91 Å². The van der Waals surface area contributed by atoms with Crippen molar-refractivity contribution >= 4 is 22.6 Å². The number of anilines is 1. The van der Waals surface area contributed by atoms with E-state index in [4.69, 9.17) is 4.98 Å².